The molecule has 0 fully saturated rings. The Labute approximate surface area is 136 Å². The topological polar surface area (TPSA) is 37.4 Å². The van der Waals surface area contributed by atoms with Gasteiger partial charge < -0.3 is 0 Å². The molecule has 0 N–H and O–H groups in total. The average Bonchev–Trinajstić information content (AvgIpc) is 2.77. The fraction of sp³-hybridized carbons (Fsp3) is 0.636. The van der Waals surface area contributed by atoms with E-state index in [1.807, 2.05) is 13.2 Å². The summed E-state index contributed by atoms with van der Waals surface area (Å²) in [6.45, 7) is 2.00. The van der Waals surface area contributed by atoms with E-state index in [-0.39, 0.29) is 6.04 Å². The van der Waals surface area contributed by atoms with Gasteiger partial charge in [0.15, 0.2) is 0 Å². The van der Waals surface area contributed by atoms with Gasteiger partial charge in [0.1, 0.15) is 4.90 Å². The second kappa shape index (κ2) is 7.66. The molecule has 0 aliphatic heterocycles. The number of sulfonamides is 1. The third kappa shape index (κ3) is 4.11. The highest BCUT2D eigenvalue weighted by Crippen LogP contribution is 2.34. The second-order valence-electron chi connectivity index (χ2n) is 4.02. The molecule has 3 nitrogen and oxygen atoms in total. The van der Waals surface area contributed by atoms with Crippen molar-refractivity contribution in [3.8, 4) is 0 Å². The molecule has 0 spiro atoms. The lowest BCUT2D eigenvalue weighted by molar-refractivity contribution is 0.385. The van der Waals surface area contributed by atoms with Crippen LogP contribution in [-0.2, 0) is 15.9 Å². The van der Waals surface area contributed by atoms with Crippen molar-refractivity contribution in [1.82, 2.24) is 4.31 Å². The lowest BCUT2D eigenvalue weighted by Gasteiger charge is -2.25. The van der Waals surface area contributed by atoms with Gasteiger partial charge in [-0.3, -0.25) is 0 Å². The Kier molecular flexibility index (Phi) is 7.17. The van der Waals surface area contributed by atoms with Crippen LogP contribution in [-0.4, -0.2) is 37.8 Å². The smallest absolute Gasteiger partial charge is 0.207 e. The van der Waals surface area contributed by atoms with Crippen LogP contribution in [0.15, 0.2) is 14.7 Å². The van der Waals surface area contributed by atoms with Gasteiger partial charge in [0.25, 0.3) is 0 Å². The van der Waals surface area contributed by atoms with Crippen molar-refractivity contribution in [3.05, 3.63) is 14.7 Å². The highest BCUT2D eigenvalue weighted by molar-refractivity contribution is 9.11. The third-order valence-corrected chi connectivity index (χ3v) is 8.17. The van der Waals surface area contributed by atoms with Gasteiger partial charge in [0.2, 0.25) is 10.0 Å². The van der Waals surface area contributed by atoms with Gasteiger partial charge in [0, 0.05) is 23.7 Å². The summed E-state index contributed by atoms with van der Waals surface area (Å²) < 4.78 is 27.3. The minimum atomic E-state index is -3.47. The quantitative estimate of drug-likeness (QED) is 0.642. The molecule has 0 bridgehead atoms. The highest BCUT2D eigenvalue weighted by atomic mass is 79.9. The number of halogens is 2. The maximum atomic E-state index is 12.6. The van der Waals surface area contributed by atoms with Crippen LogP contribution in [0.2, 0.25) is 0 Å². The Morgan fingerprint density at radius 3 is 2.63 bits per heavy atom. The van der Waals surface area contributed by atoms with E-state index in [2.05, 4.69) is 15.9 Å². The summed E-state index contributed by atoms with van der Waals surface area (Å²) in [7, 11) is -1.82. The number of nitrogens with zero attached hydrogens (tertiary/aromatic N) is 1. The summed E-state index contributed by atoms with van der Waals surface area (Å²) in [4.78, 5) is 1.16. The van der Waals surface area contributed by atoms with E-state index in [0.29, 0.717) is 14.6 Å². The van der Waals surface area contributed by atoms with Crippen LogP contribution in [0.5, 0.6) is 0 Å². The Balaban J connectivity index is 3.11. The average molecular weight is 407 g/mol. The Bertz CT molecular complexity index is 518. The molecule has 0 aromatic carbocycles. The molecule has 1 aromatic heterocycles. The molecular weight excluding hydrogens is 390 g/mol. The van der Waals surface area contributed by atoms with E-state index in [1.165, 1.54) is 15.6 Å². The molecule has 8 heteroatoms. The predicted molar refractivity (Wildman–Crippen MR) is 89.0 cm³/mol. The Hall–Kier alpha value is 0.730. The fourth-order valence-electron chi connectivity index (χ4n) is 1.66. The lowest BCUT2D eigenvalue weighted by Crippen LogP contribution is -2.38. The van der Waals surface area contributed by atoms with Crippen molar-refractivity contribution < 1.29 is 8.42 Å². The number of hydrogen-bond acceptors (Lipinski definition) is 4. The zero-order chi connectivity index (χ0) is 14.6. The van der Waals surface area contributed by atoms with Crippen molar-refractivity contribution in [1.29, 1.82) is 0 Å². The summed E-state index contributed by atoms with van der Waals surface area (Å²) in [5.74, 6) is 1.11. The first-order valence-electron chi connectivity index (χ1n) is 5.69. The van der Waals surface area contributed by atoms with E-state index in [0.717, 1.165) is 17.1 Å². The molecule has 0 radical (unpaired) electrons. The van der Waals surface area contributed by atoms with Gasteiger partial charge in [-0.25, -0.2) is 8.42 Å². The molecule has 0 aliphatic rings. The van der Waals surface area contributed by atoms with Gasteiger partial charge in [-0.1, -0.05) is 6.92 Å². The number of thioether (sulfide) groups is 1. The molecule has 0 amide bonds. The maximum absolute atomic E-state index is 12.6. The van der Waals surface area contributed by atoms with Gasteiger partial charge in [-0.05, 0) is 34.7 Å². The Morgan fingerprint density at radius 1 is 1.58 bits per heavy atom. The van der Waals surface area contributed by atoms with E-state index >= 15 is 0 Å². The van der Waals surface area contributed by atoms with E-state index < -0.39 is 10.0 Å². The molecule has 1 rings (SSSR count). The Morgan fingerprint density at radius 2 is 2.21 bits per heavy atom. The van der Waals surface area contributed by atoms with Crippen molar-refractivity contribution >= 4 is 60.7 Å². The molecule has 0 aliphatic carbocycles. The van der Waals surface area contributed by atoms with E-state index in [4.69, 9.17) is 11.6 Å². The molecule has 110 valence electrons. The number of hydrogen-bond donors (Lipinski definition) is 0. The van der Waals surface area contributed by atoms with Crippen molar-refractivity contribution in [3.63, 3.8) is 0 Å². The summed E-state index contributed by atoms with van der Waals surface area (Å²) in [6, 6.07) is 1.66. The summed E-state index contributed by atoms with van der Waals surface area (Å²) >= 11 is 12.1. The zero-order valence-electron chi connectivity index (χ0n) is 11.0. The minimum absolute atomic E-state index is 0.00579. The molecule has 0 saturated heterocycles. The van der Waals surface area contributed by atoms with Crippen LogP contribution >= 0.6 is 50.6 Å². The van der Waals surface area contributed by atoms with Crippen LogP contribution in [0.3, 0.4) is 0 Å². The van der Waals surface area contributed by atoms with Crippen LogP contribution in [0.25, 0.3) is 0 Å². The first kappa shape index (κ1) is 17.8. The minimum Gasteiger partial charge on any atom is -0.207 e. The van der Waals surface area contributed by atoms with Crippen molar-refractivity contribution in [2.75, 3.05) is 19.1 Å². The zero-order valence-corrected chi connectivity index (χ0v) is 15.8. The van der Waals surface area contributed by atoms with Crippen LogP contribution in [0.1, 0.15) is 18.2 Å². The number of thiophene rings is 1. The molecular formula is C11H17BrClNO2S3. The van der Waals surface area contributed by atoms with Crippen LogP contribution in [0, 0.1) is 0 Å². The third-order valence-electron chi connectivity index (χ3n) is 2.84. The fourth-order valence-corrected chi connectivity index (χ4v) is 6.75. The molecule has 1 heterocycles. The highest BCUT2D eigenvalue weighted by Gasteiger charge is 2.29. The van der Waals surface area contributed by atoms with Crippen LogP contribution < -0.4 is 0 Å². The summed E-state index contributed by atoms with van der Waals surface area (Å²) in [6.07, 6.45) is 2.77. The van der Waals surface area contributed by atoms with Gasteiger partial charge in [-0.2, -0.15) is 16.1 Å². The van der Waals surface area contributed by atoms with Crippen LogP contribution in [0.4, 0.5) is 0 Å². The van der Waals surface area contributed by atoms with Crippen molar-refractivity contribution in [2.24, 2.45) is 0 Å². The lowest BCUT2D eigenvalue weighted by atomic mass is 10.3. The standard InChI is InChI=1S/C11H17BrClNO2S3/c1-4-8(7-17-3)14(2)19(15,16)10-5-9(6-13)18-11(10)12/h5,8H,4,6-7H2,1-3H3. The SMILES string of the molecule is CCC(CSC)N(C)S(=O)(=O)c1cc(CCl)sc1Br. The summed E-state index contributed by atoms with van der Waals surface area (Å²) in [5, 5.41) is 0. The molecule has 1 aromatic rings. The van der Waals surface area contributed by atoms with E-state index in [9.17, 15) is 8.42 Å². The first-order chi connectivity index (χ1) is 8.88. The monoisotopic (exact) mass is 405 g/mol. The maximum Gasteiger partial charge on any atom is 0.245 e. The van der Waals surface area contributed by atoms with Gasteiger partial charge >= 0.3 is 0 Å². The van der Waals surface area contributed by atoms with E-state index in [1.54, 1.807) is 24.9 Å². The summed E-state index contributed by atoms with van der Waals surface area (Å²) in [5.41, 5.74) is 0. The molecule has 19 heavy (non-hydrogen) atoms. The molecule has 1 unspecified atom stereocenters. The molecule has 1 atom stereocenters. The number of alkyl halides is 1. The normalized spacial score (nSPS) is 14.0. The van der Waals surface area contributed by atoms with Gasteiger partial charge in [0.05, 0.1) is 9.67 Å². The second-order valence-corrected chi connectivity index (χ2v) is 9.62. The molecule has 0 saturated carbocycles. The van der Waals surface area contributed by atoms with Crippen molar-refractivity contribution in [2.45, 2.75) is 30.2 Å². The van der Waals surface area contributed by atoms with Gasteiger partial charge in [-0.15, -0.1) is 22.9 Å². The first-order valence-corrected chi connectivity index (χ1v) is 10.7. The predicted octanol–water partition coefficient (Wildman–Crippen LogP) is 4.01. The number of rotatable bonds is 7. The largest absolute Gasteiger partial charge is 0.245 e.